The summed E-state index contributed by atoms with van der Waals surface area (Å²) in [4.78, 5) is 21.3. The van der Waals surface area contributed by atoms with Gasteiger partial charge in [0.05, 0.1) is 11.8 Å². The Bertz CT molecular complexity index is 986. The largest absolute Gasteiger partial charge is 0.459 e. The van der Waals surface area contributed by atoms with Gasteiger partial charge in [0.15, 0.2) is 5.65 Å². The molecule has 0 saturated carbocycles. The number of carbonyl (C=O) groups is 1. The molecule has 1 N–H and O–H groups in total. The minimum absolute atomic E-state index is 0.226. The van der Waals surface area contributed by atoms with E-state index < -0.39 is 5.97 Å². The van der Waals surface area contributed by atoms with Crippen LogP contribution in [0.2, 0.25) is 5.02 Å². The van der Waals surface area contributed by atoms with Crippen molar-refractivity contribution in [2.75, 3.05) is 5.32 Å². The number of aryl methyl sites for hydroxylation is 2. The molecule has 0 unspecified atom stereocenters. The van der Waals surface area contributed by atoms with Crippen LogP contribution >= 0.6 is 11.6 Å². The summed E-state index contributed by atoms with van der Waals surface area (Å²) in [6, 6.07) is 9.43. The van der Waals surface area contributed by atoms with Gasteiger partial charge in [0.2, 0.25) is 0 Å². The van der Waals surface area contributed by atoms with Crippen molar-refractivity contribution in [3.63, 3.8) is 0 Å². The highest BCUT2D eigenvalue weighted by atomic mass is 35.5. The highest BCUT2D eigenvalue weighted by Crippen LogP contribution is 2.31. The van der Waals surface area contributed by atoms with Crippen LogP contribution in [0.3, 0.4) is 0 Å². The van der Waals surface area contributed by atoms with Crippen LogP contribution < -0.4 is 5.32 Å². The molecule has 0 radical (unpaired) electrons. The first-order chi connectivity index (χ1) is 12.3. The second kappa shape index (κ2) is 7.30. The molecular formula is C20H20ClN3O2. The Morgan fingerprint density at radius 1 is 1.19 bits per heavy atom. The second-order valence-corrected chi connectivity index (χ2v) is 6.82. The van der Waals surface area contributed by atoms with Gasteiger partial charge in [-0.05, 0) is 57.5 Å². The van der Waals surface area contributed by atoms with Crippen molar-refractivity contribution in [1.82, 2.24) is 9.97 Å². The fraction of sp³-hybridized carbons (Fsp3) is 0.250. The maximum Gasteiger partial charge on any atom is 0.342 e. The number of halogens is 1. The van der Waals surface area contributed by atoms with E-state index in [0.29, 0.717) is 21.9 Å². The van der Waals surface area contributed by atoms with E-state index in [1.807, 2.05) is 58.0 Å². The molecule has 0 fully saturated rings. The Hall–Kier alpha value is -2.66. The molecule has 3 aromatic rings. The number of fused-ring (bicyclic) bond motifs is 1. The van der Waals surface area contributed by atoms with Crippen molar-refractivity contribution in [1.29, 1.82) is 0 Å². The number of benzene rings is 1. The lowest BCUT2D eigenvalue weighted by atomic mass is 10.1. The number of hydrogen-bond donors (Lipinski definition) is 1. The van der Waals surface area contributed by atoms with Crippen LogP contribution in [0.5, 0.6) is 0 Å². The third kappa shape index (κ3) is 3.78. The molecule has 0 spiro atoms. The Labute approximate surface area is 157 Å². The average Bonchev–Trinajstić information content (AvgIpc) is 2.57. The number of anilines is 2. The average molecular weight is 370 g/mol. The molecule has 5 nitrogen and oxygen atoms in total. The van der Waals surface area contributed by atoms with E-state index in [-0.39, 0.29) is 6.10 Å². The summed E-state index contributed by atoms with van der Waals surface area (Å²) in [6.45, 7) is 7.45. The van der Waals surface area contributed by atoms with Crippen molar-refractivity contribution in [2.45, 2.75) is 33.8 Å². The van der Waals surface area contributed by atoms with Crippen molar-refractivity contribution in [3.8, 4) is 0 Å². The number of esters is 1. The molecular weight excluding hydrogens is 350 g/mol. The van der Waals surface area contributed by atoms with Gasteiger partial charge in [0.1, 0.15) is 5.56 Å². The fourth-order valence-corrected chi connectivity index (χ4v) is 2.73. The molecule has 6 heteroatoms. The Morgan fingerprint density at radius 2 is 1.96 bits per heavy atom. The zero-order valence-electron chi connectivity index (χ0n) is 15.1. The number of rotatable bonds is 4. The first-order valence-corrected chi connectivity index (χ1v) is 8.73. The van der Waals surface area contributed by atoms with Crippen LogP contribution in [-0.4, -0.2) is 22.0 Å². The Morgan fingerprint density at radius 3 is 2.65 bits per heavy atom. The van der Waals surface area contributed by atoms with Crippen LogP contribution in [0.25, 0.3) is 11.0 Å². The standard InChI is InChI=1S/C20H20ClN3O2/c1-11(2)26-20(25)16-10-22-19-15(8-6-13(4)23-19)18(16)24-14-7-5-12(3)17(21)9-14/h5-11H,1-4H3,(H,22,23,24). The molecule has 0 aliphatic rings. The van der Waals surface area contributed by atoms with Gasteiger partial charge < -0.3 is 10.1 Å². The number of hydrogen-bond acceptors (Lipinski definition) is 5. The van der Waals surface area contributed by atoms with E-state index in [9.17, 15) is 4.79 Å². The predicted molar refractivity (Wildman–Crippen MR) is 104 cm³/mol. The lowest BCUT2D eigenvalue weighted by molar-refractivity contribution is 0.0379. The van der Waals surface area contributed by atoms with E-state index in [4.69, 9.17) is 16.3 Å². The van der Waals surface area contributed by atoms with Gasteiger partial charge in [-0.3, -0.25) is 0 Å². The number of ether oxygens (including phenoxy) is 1. The lowest BCUT2D eigenvalue weighted by Crippen LogP contribution is -2.14. The number of nitrogens with zero attached hydrogens (tertiary/aromatic N) is 2. The van der Waals surface area contributed by atoms with Gasteiger partial charge in [-0.25, -0.2) is 14.8 Å². The molecule has 2 heterocycles. The normalized spacial score (nSPS) is 11.0. The number of aromatic nitrogens is 2. The molecule has 26 heavy (non-hydrogen) atoms. The molecule has 3 rings (SSSR count). The van der Waals surface area contributed by atoms with Gasteiger partial charge in [-0.15, -0.1) is 0 Å². The van der Waals surface area contributed by atoms with Crippen LogP contribution in [0.15, 0.2) is 36.5 Å². The van der Waals surface area contributed by atoms with Crippen molar-refractivity contribution in [3.05, 3.63) is 58.4 Å². The summed E-state index contributed by atoms with van der Waals surface area (Å²) in [6.07, 6.45) is 1.27. The first-order valence-electron chi connectivity index (χ1n) is 8.35. The van der Waals surface area contributed by atoms with Gasteiger partial charge in [-0.2, -0.15) is 0 Å². The third-order valence-electron chi connectivity index (χ3n) is 3.87. The topological polar surface area (TPSA) is 64.1 Å². The minimum atomic E-state index is -0.435. The summed E-state index contributed by atoms with van der Waals surface area (Å²) < 4.78 is 5.36. The highest BCUT2D eigenvalue weighted by molar-refractivity contribution is 6.31. The van der Waals surface area contributed by atoms with Gasteiger partial charge >= 0.3 is 5.97 Å². The summed E-state index contributed by atoms with van der Waals surface area (Å²) in [5.41, 5.74) is 4.13. The van der Waals surface area contributed by atoms with E-state index in [2.05, 4.69) is 15.3 Å². The molecule has 0 amide bonds. The molecule has 0 bridgehead atoms. The zero-order chi connectivity index (χ0) is 18.8. The lowest BCUT2D eigenvalue weighted by Gasteiger charge is -2.16. The van der Waals surface area contributed by atoms with Gasteiger partial charge in [-0.1, -0.05) is 17.7 Å². The number of pyridine rings is 2. The second-order valence-electron chi connectivity index (χ2n) is 6.41. The summed E-state index contributed by atoms with van der Waals surface area (Å²) >= 11 is 6.23. The monoisotopic (exact) mass is 369 g/mol. The van der Waals surface area contributed by atoms with Crippen LogP contribution in [0.1, 0.15) is 35.5 Å². The first kappa shape index (κ1) is 18.1. The Balaban J connectivity index is 2.14. The maximum absolute atomic E-state index is 12.5. The SMILES string of the molecule is Cc1ccc2c(Nc3ccc(C)c(Cl)c3)c(C(=O)OC(C)C)cnc2n1. The van der Waals surface area contributed by atoms with Crippen molar-refractivity contribution >= 4 is 40.0 Å². The van der Waals surface area contributed by atoms with E-state index in [0.717, 1.165) is 22.3 Å². The minimum Gasteiger partial charge on any atom is -0.459 e. The Kier molecular flexibility index (Phi) is 5.09. The van der Waals surface area contributed by atoms with Crippen molar-refractivity contribution in [2.24, 2.45) is 0 Å². The molecule has 0 aliphatic heterocycles. The van der Waals surface area contributed by atoms with E-state index in [1.54, 1.807) is 0 Å². The quantitative estimate of drug-likeness (QED) is 0.639. The maximum atomic E-state index is 12.5. The predicted octanol–water partition coefficient (Wildman–Crippen LogP) is 5.21. The number of nitrogens with one attached hydrogen (secondary N) is 1. The van der Waals surface area contributed by atoms with Crippen LogP contribution in [0, 0.1) is 13.8 Å². The summed E-state index contributed by atoms with van der Waals surface area (Å²) in [5, 5.41) is 4.68. The molecule has 0 saturated heterocycles. The van der Waals surface area contributed by atoms with E-state index >= 15 is 0 Å². The van der Waals surface area contributed by atoms with Gasteiger partial charge in [0, 0.05) is 28.0 Å². The molecule has 2 aromatic heterocycles. The summed E-state index contributed by atoms with van der Waals surface area (Å²) in [5.74, 6) is -0.435. The smallest absolute Gasteiger partial charge is 0.342 e. The van der Waals surface area contributed by atoms with Crippen molar-refractivity contribution < 1.29 is 9.53 Å². The van der Waals surface area contributed by atoms with Gasteiger partial charge in [0.25, 0.3) is 0 Å². The summed E-state index contributed by atoms with van der Waals surface area (Å²) in [7, 11) is 0. The fourth-order valence-electron chi connectivity index (χ4n) is 2.55. The molecule has 134 valence electrons. The molecule has 0 atom stereocenters. The molecule has 0 aliphatic carbocycles. The third-order valence-corrected chi connectivity index (χ3v) is 4.28. The van der Waals surface area contributed by atoms with Crippen LogP contribution in [0.4, 0.5) is 11.4 Å². The zero-order valence-corrected chi connectivity index (χ0v) is 15.9. The van der Waals surface area contributed by atoms with Crippen LogP contribution in [-0.2, 0) is 4.74 Å². The highest BCUT2D eigenvalue weighted by Gasteiger charge is 2.19. The molecule has 1 aromatic carbocycles. The van der Waals surface area contributed by atoms with E-state index in [1.165, 1.54) is 6.20 Å². The number of carbonyl (C=O) groups excluding carboxylic acids is 1.